The molecule has 0 unspecified atom stereocenters. The highest BCUT2D eigenvalue weighted by molar-refractivity contribution is 5.87. The van der Waals surface area contributed by atoms with Gasteiger partial charge in [0.25, 0.3) is 0 Å². The molecular weight excluding hydrogens is 156 g/mol. The number of hydrogen-bond acceptors (Lipinski definition) is 3. The van der Waals surface area contributed by atoms with Crippen LogP contribution in [0.5, 0.6) is 0 Å². The molecule has 0 aliphatic rings. The minimum absolute atomic E-state index is 0.0584. The molecule has 1 aromatic rings. The van der Waals surface area contributed by atoms with Crippen LogP contribution in [0, 0.1) is 6.92 Å². The van der Waals surface area contributed by atoms with Crippen molar-refractivity contribution in [1.82, 2.24) is 0 Å². The number of carbonyl (C=O) groups excluding carboxylic acids is 1. The smallest absolute Gasteiger partial charge is 0.0718 e. The van der Waals surface area contributed by atoms with Gasteiger partial charge < -0.3 is 15.0 Å². The zero-order valence-electron chi connectivity index (χ0n) is 6.70. The molecule has 0 atom stereocenters. The van der Waals surface area contributed by atoms with E-state index in [1.165, 1.54) is 6.07 Å². The molecule has 0 saturated heterocycles. The van der Waals surface area contributed by atoms with Crippen molar-refractivity contribution in [3.8, 4) is 0 Å². The number of benzene rings is 1. The standard InChI is InChI=1S/C9H10O3/c1-6-2-3-8(9(11)12)7(4-6)5-10/h2-4,10H,5H2,1H3,(H,11,12)/p-1. The summed E-state index contributed by atoms with van der Waals surface area (Å²) in [6.45, 7) is 1.56. The van der Waals surface area contributed by atoms with Gasteiger partial charge in [0.15, 0.2) is 0 Å². The Morgan fingerprint density at radius 3 is 2.75 bits per heavy atom. The van der Waals surface area contributed by atoms with Crippen LogP contribution in [0.25, 0.3) is 0 Å². The number of aromatic carboxylic acids is 1. The van der Waals surface area contributed by atoms with Gasteiger partial charge in [0.1, 0.15) is 0 Å². The summed E-state index contributed by atoms with van der Waals surface area (Å²) in [4.78, 5) is 10.5. The first kappa shape index (κ1) is 8.74. The summed E-state index contributed by atoms with van der Waals surface area (Å²) in [5.41, 5.74) is 1.38. The molecule has 1 rings (SSSR count). The highest BCUT2D eigenvalue weighted by Gasteiger charge is 2.01. The highest BCUT2D eigenvalue weighted by atomic mass is 16.4. The van der Waals surface area contributed by atoms with Gasteiger partial charge in [-0.05, 0) is 12.5 Å². The summed E-state index contributed by atoms with van der Waals surface area (Å²) in [5.74, 6) is -1.25. The third-order valence-corrected chi connectivity index (χ3v) is 1.65. The number of hydrogen-bond donors (Lipinski definition) is 1. The molecule has 0 bridgehead atoms. The van der Waals surface area contributed by atoms with Crippen molar-refractivity contribution in [2.75, 3.05) is 0 Å². The Morgan fingerprint density at radius 2 is 2.25 bits per heavy atom. The van der Waals surface area contributed by atoms with Crippen molar-refractivity contribution in [3.63, 3.8) is 0 Å². The number of carboxylic acids is 1. The molecule has 0 aromatic heterocycles. The third-order valence-electron chi connectivity index (χ3n) is 1.65. The predicted molar refractivity (Wildman–Crippen MR) is 41.4 cm³/mol. The first-order chi connectivity index (χ1) is 5.65. The predicted octanol–water partition coefficient (Wildman–Crippen LogP) is -0.149. The van der Waals surface area contributed by atoms with Crippen LogP contribution in [0.15, 0.2) is 18.2 Å². The Kier molecular flexibility index (Phi) is 2.45. The van der Waals surface area contributed by atoms with E-state index in [2.05, 4.69) is 0 Å². The van der Waals surface area contributed by atoms with E-state index < -0.39 is 5.97 Å². The maximum atomic E-state index is 10.5. The molecular formula is C9H9O3-. The first-order valence-electron chi connectivity index (χ1n) is 3.57. The minimum Gasteiger partial charge on any atom is -0.545 e. The second-order valence-corrected chi connectivity index (χ2v) is 2.61. The van der Waals surface area contributed by atoms with Crippen LogP contribution < -0.4 is 5.11 Å². The molecule has 3 heteroatoms. The van der Waals surface area contributed by atoms with Crippen molar-refractivity contribution < 1.29 is 15.0 Å². The van der Waals surface area contributed by atoms with Gasteiger partial charge in [-0.15, -0.1) is 0 Å². The zero-order valence-corrected chi connectivity index (χ0v) is 6.70. The van der Waals surface area contributed by atoms with E-state index in [1.54, 1.807) is 12.1 Å². The number of aryl methyl sites for hydroxylation is 1. The molecule has 64 valence electrons. The molecule has 3 nitrogen and oxygen atoms in total. The Hall–Kier alpha value is -1.35. The molecule has 0 fully saturated rings. The Balaban J connectivity index is 3.20. The lowest BCUT2D eigenvalue weighted by Crippen LogP contribution is -2.23. The fourth-order valence-electron chi connectivity index (χ4n) is 1.05. The van der Waals surface area contributed by atoms with Gasteiger partial charge in [-0.2, -0.15) is 0 Å². The lowest BCUT2D eigenvalue weighted by molar-refractivity contribution is -0.255. The summed E-state index contributed by atoms with van der Waals surface area (Å²) in [6.07, 6.45) is 0. The average molecular weight is 165 g/mol. The summed E-state index contributed by atoms with van der Waals surface area (Å²) in [5, 5.41) is 19.3. The molecule has 0 spiro atoms. The lowest BCUT2D eigenvalue weighted by atomic mass is 10.1. The molecule has 1 aromatic carbocycles. The van der Waals surface area contributed by atoms with Crippen LogP contribution in [0.1, 0.15) is 21.5 Å². The van der Waals surface area contributed by atoms with Gasteiger partial charge in [0, 0.05) is 5.56 Å². The SMILES string of the molecule is Cc1ccc(C(=O)[O-])c(CO)c1. The quantitative estimate of drug-likeness (QED) is 0.663. The number of aliphatic hydroxyl groups is 1. The highest BCUT2D eigenvalue weighted by Crippen LogP contribution is 2.10. The second-order valence-electron chi connectivity index (χ2n) is 2.61. The van der Waals surface area contributed by atoms with Gasteiger partial charge in [0.05, 0.1) is 12.6 Å². The van der Waals surface area contributed by atoms with Crippen LogP contribution in [0.3, 0.4) is 0 Å². The van der Waals surface area contributed by atoms with Crippen LogP contribution in [-0.4, -0.2) is 11.1 Å². The van der Waals surface area contributed by atoms with E-state index in [0.717, 1.165) is 5.56 Å². The number of rotatable bonds is 2. The third kappa shape index (κ3) is 1.62. The zero-order chi connectivity index (χ0) is 9.14. The number of carbonyl (C=O) groups is 1. The van der Waals surface area contributed by atoms with E-state index in [1.807, 2.05) is 6.92 Å². The van der Waals surface area contributed by atoms with E-state index in [-0.39, 0.29) is 12.2 Å². The Morgan fingerprint density at radius 1 is 1.58 bits per heavy atom. The van der Waals surface area contributed by atoms with Gasteiger partial charge in [-0.25, -0.2) is 0 Å². The molecule has 0 radical (unpaired) electrons. The Labute approximate surface area is 70.3 Å². The topological polar surface area (TPSA) is 60.4 Å². The van der Waals surface area contributed by atoms with Crippen LogP contribution >= 0.6 is 0 Å². The average Bonchev–Trinajstić information content (AvgIpc) is 2.03. The van der Waals surface area contributed by atoms with E-state index >= 15 is 0 Å². The first-order valence-corrected chi connectivity index (χ1v) is 3.57. The van der Waals surface area contributed by atoms with Crippen LogP contribution in [0.2, 0.25) is 0 Å². The molecule has 0 aliphatic heterocycles. The molecule has 0 amide bonds. The Bertz CT molecular complexity index is 305. The van der Waals surface area contributed by atoms with Gasteiger partial charge in [-0.3, -0.25) is 0 Å². The van der Waals surface area contributed by atoms with Crippen molar-refractivity contribution >= 4 is 5.97 Å². The fraction of sp³-hybridized carbons (Fsp3) is 0.222. The lowest BCUT2D eigenvalue weighted by Gasteiger charge is -2.08. The largest absolute Gasteiger partial charge is 0.545 e. The molecule has 0 saturated carbocycles. The van der Waals surface area contributed by atoms with Gasteiger partial charge in [-0.1, -0.05) is 23.8 Å². The van der Waals surface area contributed by atoms with Crippen LogP contribution in [-0.2, 0) is 6.61 Å². The molecule has 12 heavy (non-hydrogen) atoms. The van der Waals surface area contributed by atoms with Crippen molar-refractivity contribution in [2.45, 2.75) is 13.5 Å². The van der Waals surface area contributed by atoms with E-state index in [9.17, 15) is 9.90 Å². The maximum Gasteiger partial charge on any atom is 0.0718 e. The fourth-order valence-corrected chi connectivity index (χ4v) is 1.05. The summed E-state index contributed by atoms with van der Waals surface area (Å²) < 4.78 is 0. The van der Waals surface area contributed by atoms with Crippen molar-refractivity contribution in [1.29, 1.82) is 0 Å². The molecule has 0 heterocycles. The van der Waals surface area contributed by atoms with E-state index in [4.69, 9.17) is 5.11 Å². The summed E-state index contributed by atoms with van der Waals surface area (Å²) in [6, 6.07) is 4.74. The molecule has 1 N–H and O–H groups in total. The monoisotopic (exact) mass is 165 g/mol. The van der Waals surface area contributed by atoms with Gasteiger partial charge in [0.2, 0.25) is 0 Å². The van der Waals surface area contributed by atoms with E-state index in [0.29, 0.717) is 5.56 Å². The number of carboxylic acid groups (broad SMARTS) is 1. The minimum atomic E-state index is -1.25. The van der Waals surface area contributed by atoms with Crippen molar-refractivity contribution in [3.05, 3.63) is 34.9 Å². The van der Waals surface area contributed by atoms with Crippen molar-refractivity contribution in [2.24, 2.45) is 0 Å². The number of aliphatic hydroxyl groups excluding tert-OH is 1. The summed E-state index contributed by atoms with van der Waals surface area (Å²) in [7, 11) is 0. The normalized spacial score (nSPS) is 9.83. The second kappa shape index (κ2) is 3.36. The summed E-state index contributed by atoms with van der Waals surface area (Å²) >= 11 is 0. The van der Waals surface area contributed by atoms with Gasteiger partial charge >= 0.3 is 0 Å². The molecule has 0 aliphatic carbocycles. The maximum absolute atomic E-state index is 10.5. The van der Waals surface area contributed by atoms with Crippen LogP contribution in [0.4, 0.5) is 0 Å².